The molecule has 0 saturated heterocycles. The lowest BCUT2D eigenvalue weighted by atomic mass is 10.1. The fraction of sp³-hybridized carbons (Fsp3) is 0.222. The van der Waals surface area contributed by atoms with Crippen LogP contribution < -0.4 is 0 Å². The largest absolute Gasteiger partial charge is 0.469 e. The summed E-state index contributed by atoms with van der Waals surface area (Å²) in [6.45, 7) is 4.34. The second kappa shape index (κ2) is 7.98. The number of carbonyl (C=O) groups excluding carboxylic acids is 2. The Morgan fingerprint density at radius 3 is 2.43 bits per heavy atom. The van der Waals surface area contributed by atoms with Crippen molar-refractivity contribution >= 4 is 11.9 Å². The predicted molar refractivity (Wildman–Crippen MR) is 88.5 cm³/mol. The topological polar surface area (TPSA) is 51.5 Å². The van der Waals surface area contributed by atoms with Crippen LogP contribution in [0, 0.1) is 0 Å². The van der Waals surface area contributed by atoms with Crippen LogP contribution in [0.15, 0.2) is 61.4 Å². The molecule has 0 spiro atoms. The highest BCUT2D eigenvalue weighted by atomic mass is 16.5. The maximum absolute atomic E-state index is 12.6. The van der Waals surface area contributed by atoms with Crippen LogP contribution in [-0.4, -0.2) is 41.5 Å². The molecule has 23 heavy (non-hydrogen) atoms. The Bertz CT molecular complexity index is 660. The zero-order chi connectivity index (χ0) is 16.7. The van der Waals surface area contributed by atoms with E-state index in [0.717, 1.165) is 5.69 Å². The molecule has 5 heteroatoms. The molecule has 1 amide bonds. The van der Waals surface area contributed by atoms with Crippen molar-refractivity contribution in [3.8, 4) is 5.69 Å². The van der Waals surface area contributed by atoms with Gasteiger partial charge in [0.1, 0.15) is 0 Å². The molecule has 0 aliphatic rings. The van der Waals surface area contributed by atoms with Gasteiger partial charge in [0.05, 0.1) is 13.5 Å². The Balaban J connectivity index is 2.09. The van der Waals surface area contributed by atoms with E-state index in [1.165, 1.54) is 7.11 Å². The van der Waals surface area contributed by atoms with Gasteiger partial charge in [0.15, 0.2) is 0 Å². The standard InChI is InChI=1S/C18H20N2O3/c1-3-11-20(14-10-17(21)23-2)18(22)15-6-8-16(9-7-15)19-12-4-5-13-19/h3-9,12-13H,1,10-11,14H2,2H3. The molecular formula is C18H20N2O3. The van der Waals surface area contributed by atoms with Gasteiger partial charge in [0.2, 0.25) is 0 Å². The lowest BCUT2D eigenvalue weighted by Crippen LogP contribution is -2.33. The molecule has 0 saturated carbocycles. The molecule has 0 radical (unpaired) electrons. The fourth-order valence-electron chi connectivity index (χ4n) is 2.23. The Labute approximate surface area is 135 Å². The molecule has 2 aromatic rings. The minimum atomic E-state index is -0.338. The van der Waals surface area contributed by atoms with Crippen LogP contribution in [-0.2, 0) is 9.53 Å². The molecule has 0 atom stereocenters. The van der Waals surface area contributed by atoms with Crippen LogP contribution >= 0.6 is 0 Å². The smallest absolute Gasteiger partial charge is 0.307 e. The van der Waals surface area contributed by atoms with Crippen molar-refractivity contribution in [2.24, 2.45) is 0 Å². The first-order valence-corrected chi connectivity index (χ1v) is 7.36. The highest BCUT2D eigenvalue weighted by Crippen LogP contribution is 2.12. The summed E-state index contributed by atoms with van der Waals surface area (Å²) in [6.07, 6.45) is 5.69. The van der Waals surface area contributed by atoms with E-state index in [1.54, 1.807) is 23.1 Å². The minimum absolute atomic E-state index is 0.132. The number of carbonyl (C=O) groups is 2. The third-order valence-electron chi connectivity index (χ3n) is 3.47. The molecular weight excluding hydrogens is 292 g/mol. The molecule has 1 aromatic carbocycles. The molecule has 0 N–H and O–H groups in total. The molecule has 120 valence electrons. The van der Waals surface area contributed by atoms with Gasteiger partial charge in [-0.2, -0.15) is 0 Å². The van der Waals surface area contributed by atoms with Gasteiger partial charge in [-0.1, -0.05) is 6.08 Å². The van der Waals surface area contributed by atoms with Crippen LogP contribution in [0.25, 0.3) is 5.69 Å². The van der Waals surface area contributed by atoms with Crippen molar-refractivity contribution in [3.05, 3.63) is 67.0 Å². The Hall–Kier alpha value is -2.82. The first-order chi connectivity index (χ1) is 11.2. The number of hydrogen-bond acceptors (Lipinski definition) is 3. The van der Waals surface area contributed by atoms with E-state index in [4.69, 9.17) is 0 Å². The summed E-state index contributed by atoms with van der Waals surface area (Å²) in [5, 5.41) is 0. The molecule has 2 rings (SSSR count). The number of methoxy groups -OCH3 is 1. The lowest BCUT2D eigenvalue weighted by molar-refractivity contribution is -0.140. The van der Waals surface area contributed by atoms with E-state index in [-0.39, 0.29) is 18.3 Å². The summed E-state index contributed by atoms with van der Waals surface area (Å²) in [6, 6.07) is 11.2. The SMILES string of the molecule is C=CCN(CCC(=O)OC)C(=O)c1ccc(-n2cccc2)cc1. The van der Waals surface area contributed by atoms with E-state index in [0.29, 0.717) is 18.7 Å². The number of rotatable bonds is 7. The molecule has 0 aliphatic carbocycles. The first-order valence-electron chi connectivity index (χ1n) is 7.36. The highest BCUT2D eigenvalue weighted by molar-refractivity contribution is 5.94. The maximum Gasteiger partial charge on any atom is 0.307 e. The summed E-state index contributed by atoms with van der Waals surface area (Å²) in [5.74, 6) is -0.470. The van der Waals surface area contributed by atoms with Crippen molar-refractivity contribution in [1.82, 2.24) is 9.47 Å². The number of amides is 1. The van der Waals surface area contributed by atoms with Crippen molar-refractivity contribution < 1.29 is 14.3 Å². The van der Waals surface area contributed by atoms with Gasteiger partial charge in [-0.05, 0) is 36.4 Å². The van der Waals surface area contributed by atoms with Crippen molar-refractivity contribution in [2.45, 2.75) is 6.42 Å². The quantitative estimate of drug-likeness (QED) is 0.583. The third kappa shape index (κ3) is 4.32. The molecule has 0 aliphatic heterocycles. The number of ether oxygens (including phenoxy) is 1. The van der Waals surface area contributed by atoms with Crippen LogP contribution in [0.5, 0.6) is 0 Å². The molecule has 1 heterocycles. The normalized spacial score (nSPS) is 10.1. The van der Waals surface area contributed by atoms with Gasteiger partial charge in [-0.25, -0.2) is 0 Å². The molecule has 0 bridgehead atoms. The van der Waals surface area contributed by atoms with Gasteiger partial charge >= 0.3 is 5.97 Å². The second-order valence-electron chi connectivity index (χ2n) is 5.00. The Morgan fingerprint density at radius 1 is 1.22 bits per heavy atom. The van der Waals surface area contributed by atoms with E-state index in [2.05, 4.69) is 11.3 Å². The van der Waals surface area contributed by atoms with E-state index < -0.39 is 0 Å². The minimum Gasteiger partial charge on any atom is -0.469 e. The van der Waals surface area contributed by atoms with Gasteiger partial charge in [-0.15, -0.1) is 6.58 Å². The first kappa shape index (κ1) is 16.5. The van der Waals surface area contributed by atoms with Crippen molar-refractivity contribution in [3.63, 3.8) is 0 Å². The van der Waals surface area contributed by atoms with Crippen LogP contribution in [0.3, 0.4) is 0 Å². The maximum atomic E-state index is 12.6. The van der Waals surface area contributed by atoms with Crippen LogP contribution in [0.2, 0.25) is 0 Å². The van der Waals surface area contributed by atoms with Crippen LogP contribution in [0.1, 0.15) is 16.8 Å². The predicted octanol–water partition coefficient (Wildman–Crippen LogP) is 2.67. The van der Waals surface area contributed by atoms with E-state index in [9.17, 15) is 9.59 Å². The van der Waals surface area contributed by atoms with Crippen molar-refractivity contribution in [1.29, 1.82) is 0 Å². The van der Waals surface area contributed by atoms with E-state index >= 15 is 0 Å². The summed E-state index contributed by atoms with van der Waals surface area (Å²) in [7, 11) is 1.34. The molecule has 5 nitrogen and oxygen atoms in total. The lowest BCUT2D eigenvalue weighted by Gasteiger charge is -2.20. The van der Waals surface area contributed by atoms with Gasteiger partial charge in [0.25, 0.3) is 5.91 Å². The number of benzene rings is 1. The zero-order valence-electron chi connectivity index (χ0n) is 13.1. The fourth-order valence-corrected chi connectivity index (χ4v) is 2.23. The summed E-state index contributed by atoms with van der Waals surface area (Å²) >= 11 is 0. The van der Waals surface area contributed by atoms with E-state index in [1.807, 2.05) is 41.2 Å². The van der Waals surface area contributed by atoms with Gasteiger partial charge in [-0.3, -0.25) is 9.59 Å². The average molecular weight is 312 g/mol. The third-order valence-corrected chi connectivity index (χ3v) is 3.47. The van der Waals surface area contributed by atoms with Crippen LogP contribution in [0.4, 0.5) is 0 Å². The van der Waals surface area contributed by atoms with Gasteiger partial charge < -0.3 is 14.2 Å². The summed E-state index contributed by atoms with van der Waals surface area (Å²) in [5.41, 5.74) is 1.56. The summed E-state index contributed by atoms with van der Waals surface area (Å²) < 4.78 is 6.58. The molecule has 1 aromatic heterocycles. The monoisotopic (exact) mass is 312 g/mol. The number of aromatic nitrogens is 1. The summed E-state index contributed by atoms with van der Waals surface area (Å²) in [4.78, 5) is 25.4. The number of esters is 1. The number of nitrogens with zero attached hydrogens (tertiary/aromatic N) is 2. The Morgan fingerprint density at radius 2 is 1.87 bits per heavy atom. The highest BCUT2D eigenvalue weighted by Gasteiger charge is 2.16. The second-order valence-corrected chi connectivity index (χ2v) is 5.00. The van der Waals surface area contributed by atoms with Gasteiger partial charge in [0, 0.05) is 36.7 Å². The zero-order valence-corrected chi connectivity index (χ0v) is 13.1. The number of hydrogen-bond donors (Lipinski definition) is 0. The van der Waals surface area contributed by atoms with Crippen molar-refractivity contribution in [2.75, 3.05) is 20.2 Å². The average Bonchev–Trinajstić information content (AvgIpc) is 3.12. The Kier molecular flexibility index (Phi) is 5.74. The molecule has 0 fully saturated rings. The molecule has 0 unspecified atom stereocenters.